The summed E-state index contributed by atoms with van der Waals surface area (Å²) in [7, 11) is 0. The first kappa shape index (κ1) is 10.7. The summed E-state index contributed by atoms with van der Waals surface area (Å²) in [5.74, 6) is 0. The van der Waals surface area contributed by atoms with Crippen LogP contribution in [0.2, 0.25) is 10.0 Å². The predicted octanol–water partition coefficient (Wildman–Crippen LogP) is 4.53. The Morgan fingerprint density at radius 3 is 2.60 bits per heavy atom. The van der Waals surface area contributed by atoms with E-state index in [1.807, 2.05) is 17.5 Å². The van der Waals surface area contributed by atoms with Crippen LogP contribution in [0, 0.1) is 0 Å². The van der Waals surface area contributed by atoms with Crippen molar-refractivity contribution >= 4 is 40.8 Å². The second kappa shape index (κ2) is 4.35. The first-order valence-electron chi connectivity index (χ1n) is 4.20. The minimum Gasteiger partial charge on any atom is -0.298 e. The second-order valence-electron chi connectivity index (χ2n) is 2.95. The van der Waals surface area contributed by atoms with Crippen LogP contribution in [0.3, 0.4) is 0 Å². The van der Waals surface area contributed by atoms with Crippen LogP contribution in [0.4, 0.5) is 0 Å². The lowest BCUT2D eigenvalue weighted by Gasteiger charge is -2.03. The summed E-state index contributed by atoms with van der Waals surface area (Å²) in [6.45, 7) is 0. The molecule has 0 amide bonds. The zero-order valence-electron chi connectivity index (χ0n) is 7.54. The fraction of sp³-hybridized carbons (Fsp3) is 0. The molecule has 15 heavy (non-hydrogen) atoms. The van der Waals surface area contributed by atoms with Gasteiger partial charge in [0.1, 0.15) is 0 Å². The zero-order chi connectivity index (χ0) is 10.8. The number of rotatable bonds is 2. The molecule has 1 nitrogen and oxygen atoms in total. The third kappa shape index (κ3) is 2.07. The molecule has 0 radical (unpaired) electrons. The van der Waals surface area contributed by atoms with Crippen molar-refractivity contribution in [3.8, 4) is 10.4 Å². The number of carbonyl (C=O) groups excluding carboxylic acids is 1. The third-order valence-electron chi connectivity index (χ3n) is 2.00. The molecule has 76 valence electrons. The molecule has 0 saturated carbocycles. The SMILES string of the molecule is O=Cc1cc(Cl)ccc1-c1sccc1Cl. The van der Waals surface area contributed by atoms with E-state index in [4.69, 9.17) is 23.2 Å². The standard InChI is InChI=1S/C11H6Cl2OS/c12-8-1-2-9(7(5-8)6-14)11-10(13)3-4-15-11/h1-6H. The van der Waals surface area contributed by atoms with Gasteiger partial charge in [0, 0.05) is 16.1 Å². The van der Waals surface area contributed by atoms with Crippen LogP contribution >= 0.6 is 34.5 Å². The van der Waals surface area contributed by atoms with Crippen molar-refractivity contribution in [2.45, 2.75) is 0 Å². The van der Waals surface area contributed by atoms with Gasteiger partial charge in [0.25, 0.3) is 0 Å². The Labute approximate surface area is 101 Å². The number of hydrogen-bond acceptors (Lipinski definition) is 2. The van der Waals surface area contributed by atoms with E-state index in [9.17, 15) is 4.79 Å². The fourth-order valence-electron chi connectivity index (χ4n) is 1.32. The van der Waals surface area contributed by atoms with Gasteiger partial charge >= 0.3 is 0 Å². The molecule has 2 aromatic rings. The summed E-state index contributed by atoms with van der Waals surface area (Å²) in [5.41, 5.74) is 1.39. The molecule has 0 aliphatic carbocycles. The topological polar surface area (TPSA) is 17.1 Å². The highest BCUT2D eigenvalue weighted by Crippen LogP contribution is 2.35. The van der Waals surface area contributed by atoms with Gasteiger partial charge in [0.15, 0.2) is 6.29 Å². The van der Waals surface area contributed by atoms with E-state index in [2.05, 4.69) is 0 Å². The van der Waals surface area contributed by atoms with Crippen molar-refractivity contribution in [1.82, 2.24) is 0 Å². The molecule has 1 aromatic heterocycles. The van der Waals surface area contributed by atoms with E-state index in [1.54, 1.807) is 12.1 Å². The van der Waals surface area contributed by atoms with Gasteiger partial charge in [-0.1, -0.05) is 29.3 Å². The molecule has 0 spiro atoms. The Morgan fingerprint density at radius 1 is 1.20 bits per heavy atom. The molecule has 0 bridgehead atoms. The van der Waals surface area contributed by atoms with Crippen molar-refractivity contribution in [3.05, 3.63) is 45.3 Å². The largest absolute Gasteiger partial charge is 0.298 e. The molecular weight excluding hydrogens is 251 g/mol. The molecular formula is C11H6Cl2OS. The van der Waals surface area contributed by atoms with Gasteiger partial charge in [0.05, 0.1) is 9.90 Å². The smallest absolute Gasteiger partial charge is 0.150 e. The van der Waals surface area contributed by atoms with E-state index in [1.165, 1.54) is 11.3 Å². The van der Waals surface area contributed by atoms with Crippen molar-refractivity contribution in [1.29, 1.82) is 0 Å². The predicted molar refractivity (Wildman–Crippen MR) is 65.2 cm³/mol. The molecule has 0 saturated heterocycles. The maximum atomic E-state index is 10.9. The molecule has 0 atom stereocenters. The van der Waals surface area contributed by atoms with Crippen molar-refractivity contribution in [3.63, 3.8) is 0 Å². The van der Waals surface area contributed by atoms with Gasteiger partial charge in [-0.05, 0) is 23.6 Å². The Morgan fingerprint density at radius 2 is 2.00 bits per heavy atom. The van der Waals surface area contributed by atoms with E-state index < -0.39 is 0 Å². The maximum absolute atomic E-state index is 10.9. The molecule has 0 aliphatic rings. The first-order chi connectivity index (χ1) is 7.22. The molecule has 2 rings (SSSR count). The van der Waals surface area contributed by atoms with Gasteiger partial charge in [-0.2, -0.15) is 0 Å². The zero-order valence-corrected chi connectivity index (χ0v) is 9.86. The number of benzene rings is 1. The minimum atomic E-state index is 0.550. The summed E-state index contributed by atoms with van der Waals surface area (Å²) in [5, 5.41) is 3.10. The molecule has 0 aliphatic heterocycles. The summed E-state index contributed by atoms with van der Waals surface area (Å²) in [6, 6.07) is 7.01. The normalized spacial score (nSPS) is 10.3. The lowest BCUT2D eigenvalue weighted by atomic mass is 10.1. The van der Waals surface area contributed by atoms with E-state index in [-0.39, 0.29) is 0 Å². The molecule has 4 heteroatoms. The molecule has 0 N–H and O–H groups in total. The Hall–Kier alpha value is -0.830. The third-order valence-corrected chi connectivity index (χ3v) is 3.61. The Kier molecular flexibility index (Phi) is 3.10. The molecule has 1 aromatic carbocycles. The van der Waals surface area contributed by atoms with Crippen LogP contribution in [0.25, 0.3) is 10.4 Å². The average Bonchev–Trinajstić information content (AvgIpc) is 2.64. The van der Waals surface area contributed by atoms with E-state index in [0.717, 1.165) is 16.7 Å². The van der Waals surface area contributed by atoms with Crippen LogP contribution in [-0.2, 0) is 0 Å². The molecule has 1 heterocycles. The average molecular weight is 257 g/mol. The number of aldehydes is 1. The Bertz CT molecular complexity index is 505. The Balaban J connectivity index is 2.63. The molecule has 0 unspecified atom stereocenters. The number of carbonyl (C=O) groups is 1. The highest BCUT2D eigenvalue weighted by atomic mass is 35.5. The summed E-state index contributed by atoms with van der Waals surface area (Å²) in [4.78, 5) is 11.8. The van der Waals surface area contributed by atoms with E-state index in [0.29, 0.717) is 15.6 Å². The van der Waals surface area contributed by atoms with Crippen LogP contribution in [0.5, 0.6) is 0 Å². The van der Waals surface area contributed by atoms with Crippen molar-refractivity contribution < 1.29 is 4.79 Å². The van der Waals surface area contributed by atoms with Crippen LogP contribution < -0.4 is 0 Å². The number of thiophene rings is 1. The minimum absolute atomic E-state index is 0.550. The quantitative estimate of drug-likeness (QED) is 0.722. The van der Waals surface area contributed by atoms with Gasteiger partial charge in [0.2, 0.25) is 0 Å². The summed E-state index contributed by atoms with van der Waals surface area (Å²) in [6.07, 6.45) is 0.789. The van der Waals surface area contributed by atoms with E-state index >= 15 is 0 Å². The van der Waals surface area contributed by atoms with Crippen LogP contribution in [0.1, 0.15) is 10.4 Å². The van der Waals surface area contributed by atoms with Gasteiger partial charge in [-0.3, -0.25) is 4.79 Å². The number of halogens is 2. The van der Waals surface area contributed by atoms with Gasteiger partial charge < -0.3 is 0 Å². The maximum Gasteiger partial charge on any atom is 0.150 e. The highest BCUT2D eigenvalue weighted by Gasteiger charge is 2.09. The van der Waals surface area contributed by atoms with Crippen LogP contribution in [0.15, 0.2) is 29.6 Å². The fourth-order valence-corrected chi connectivity index (χ4v) is 2.71. The van der Waals surface area contributed by atoms with Crippen LogP contribution in [-0.4, -0.2) is 6.29 Å². The number of hydrogen-bond donors (Lipinski definition) is 0. The first-order valence-corrected chi connectivity index (χ1v) is 5.84. The monoisotopic (exact) mass is 256 g/mol. The lowest BCUT2D eigenvalue weighted by Crippen LogP contribution is -1.85. The van der Waals surface area contributed by atoms with Gasteiger partial charge in [-0.25, -0.2) is 0 Å². The van der Waals surface area contributed by atoms with Crippen molar-refractivity contribution in [2.75, 3.05) is 0 Å². The lowest BCUT2D eigenvalue weighted by molar-refractivity contribution is 0.112. The highest BCUT2D eigenvalue weighted by molar-refractivity contribution is 7.14. The second-order valence-corrected chi connectivity index (χ2v) is 4.71. The summed E-state index contributed by atoms with van der Waals surface area (Å²) < 4.78 is 0. The van der Waals surface area contributed by atoms with Crippen molar-refractivity contribution in [2.24, 2.45) is 0 Å². The summed E-state index contributed by atoms with van der Waals surface area (Å²) >= 11 is 13.3. The van der Waals surface area contributed by atoms with Gasteiger partial charge in [-0.15, -0.1) is 11.3 Å². The molecule has 0 fully saturated rings.